The molecule has 1 atom stereocenters. The van der Waals surface area contributed by atoms with Crippen LogP contribution in [0.15, 0.2) is 17.3 Å². The zero-order valence-electron chi connectivity index (χ0n) is 12.3. The van der Waals surface area contributed by atoms with Crippen molar-refractivity contribution in [2.45, 2.75) is 56.0 Å². The average Bonchev–Trinajstić information content (AvgIpc) is 3.20. The number of hydrogen-bond acceptors (Lipinski definition) is 4. The molecule has 1 unspecified atom stereocenters. The third-order valence-electron chi connectivity index (χ3n) is 4.77. The Morgan fingerprint density at radius 3 is 2.71 bits per heavy atom. The van der Waals surface area contributed by atoms with Crippen LogP contribution < -0.4 is 5.73 Å². The molecular weight excluding hydrogens is 288 g/mol. The van der Waals surface area contributed by atoms with E-state index in [1.54, 1.807) is 15.2 Å². The van der Waals surface area contributed by atoms with Gasteiger partial charge in [0.15, 0.2) is 0 Å². The summed E-state index contributed by atoms with van der Waals surface area (Å²) >= 11 is 0. The largest absolute Gasteiger partial charge is 0.329 e. The van der Waals surface area contributed by atoms with Crippen LogP contribution in [-0.4, -0.2) is 41.6 Å². The molecule has 118 valence electrons. The molecule has 1 saturated carbocycles. The van der Waals surface area contributed by atoms with Crippen molar-refractivity contribution in [1.29, 1.82) is 0 Å². The monoisotopic (exact) mass is 312 g/mol. The van der Waals surface area contributed by atoms with Gasteiger partial charge in [-0.15, -0.1) is 0 Å². The maximum atomic E-state index is 12.9. The standard InChI is InChI=1S/C14H24N4O2S/c15-7-9-17-11-13(10-16-17)21(19,20)18-8-3-6-14(18)12-4-1-2-5-12/h10-12,14H,1-9,15H2. The Bertz CT molecular complexity index is 578. The molecule has 2 aliphatic rings. The molecule has 0 spiro atoms. The molecule has 1 aliphatic heterocycles. The minimum Gasteiger partial charge on any atom is -0.329 e. The normalized spacial score (nSPS) is 24.9. The fraction of sp³-hybridized carbons (Fsp3) is 0.786. The summed E-state index contributed by atoms with van der Waals surface area (Å²) in [7, 11) is -3.41. The molecule has 7 heteroatoms. The van der Waals surface area contributed by atoms with Crippen molar-refractivity contribution in [3.63, 3.8) is 0 Å². The quantitative estimate of drug-likeness (QED) is 0.885. The molecule has 1 aromatic rings. The van der Waals surface area contributed by atoms with Gasteiger partial charge in [0.25, 0.3) is 0 Å². The molecule has 2 fully saturated rings. The Balaban J connectivity index is 1.82. The van der Waals surface area contributed by atoms with Crippen molar-refractivity contribution in [2.75, 3.05) is 13.1 Å². The fourth-order valence-electron chi connectivity index (χ4n) is 3.75. The SMILES string of the molecule is NCCn1cc(S(=O)(=O)N2CCCC2C2CCCC2)cn1. The Morgan fingerprint density at radius 2 is 2.00 bits per heavy atom. The summed E-state index contributed by atoms with van der Waals surface area (Å²) < 4.78 is 29.1. The van der Waals surface area contributed by atoms with Gasteiger partial charge in [-0.2, -0.15) is 9.40 Å². The van der Waals surface area contributed by atoms with Gasteiger partial charge in [-0.05, 0) is 31.6 Å². The van der Waals surface area contributed by atoms with E-state index in [0.29, 0.717) is 30.4 Å². The van der Waals surface area contributed by atoms with E-state index in [9.17, 15) is 8.42 Å². The second-order valence-electron chi connectivity index (χ2n) is 6.10. The predicted octanol–water partition coefficient (Wildman–Crippen LogP) is 1.19. The first-order valence-corrected chi connectivity index (χ1v) is 9.31. The Morgan fingerprint density at radius 1 is 1.24 bits per heavy atom. The van der Waals surface area contributed by atoms with Gasteiger partial charge in [-0.3, -0.25) is 4.68 Å². The molecule has 6 nitrogen and oxygen atoms in total. The van der Waals surface area contributed by atoms with E-state index in [2.05, 4.69) is 5.10 Å². The van der Waals surface area contributed by atoms with Gasteiger partial charge in [0.2, 0.25) is 10.0 Å². The minimum atomic E-state index is -3.41. The molecule has 0 radical (unpaired) electrons. The molecular formula is C14H24N4O2S. The molecule has 1 aromatic heterocycles. The molecule has 3 rings (SSSR count). The molecule has 2 heterocycles. The van der Waals surface area contributed by atoms with Gasteiger partial charge < -0.3 is 5.73 Å². The van der Waals surface area contributed by atoms with Crippen molar-refractivity contribution in [2.24, 2.45) is 11.7 Å². The van der Waals surface area contributed by atoms with E-state index < -0.39 is 10.0 Å². The van der Waals surface area contributed by atoms with E-state index in [4.69, 9.17) is 5.73 Å². The second-order valence-corrected chi connectivity index (χ2v) is 7.99. The first-order valence-electron chi connectivity index (χ1n) is 7.87. The highest BCUT2D eigenvalue weighted by atomic mass is 32.2. The number of aromatic nitrogens is 2. The number of rotatable bonds is 5. The van der Waals surface area contributed by atoms with Crippen LogP contribution in [0.2, 0.25) is 0 Å². The Labute approximate surface area is 126 Å². The summed E-state index contributed by atoms with van der Waals surface area (Å²) in [6, 6.07) is 0.190. The predicted molar refractivity (Wildman–Crippen MR) is 80.2 cm³/mol. The first kappa shape index (κ1) is 15.0. The van der Waals surface area contributed by atoms with Crippen LogP contribution >= 0.6 is 0 Å². The second kappa shape index (κ2) is 6.06. The summed E-state index contributed by atoms with van der Waals surface area (Å²) in [6.07, 6.45) is 9.85. The summed E-state index contributed by atoms with van der Waals surface area (Å²) in [6.45, 7) is 1.64. The lowest BCUT2D eigenvalue weighted by molar-refractivity contribution is 0.288. The maximum Gasteiger partial charge on any atom is 0.246 e. The molecule has 21 heavy (non-hydrogen) atoms. The molecule has 1 saturated heterocycles. The van der Waals surface area contributed by atoms with E-state index in [1.165, 1.54) is 31.9 Å². The zero-order chi connectivity index (χ0) is 14.9. The van der Waals surface area contributed by atoms with Gasteiger partial charge in [0.05, 0.1) is 12.7 Å². The molecule has 0 aromatic carbocycles. The Hall–Kier alpha value is -0.920. The van der Waals surface area contributed by atoms with E-state index in [1.807, 2.05) is 0 Å². The van der Waals surface area contributed by atoms with E-state index >= 15 is 0 Å². The summed E-state index contributed by atoms with van der Waals surface area (Å²) in [5.74, 6) is 0.543. The minimum absolute atomic E-state index is 0.190. The third-order valence-corrected chi connectivity index (χ3v) is 6.64. The van der Waals surface area contributed by atoms with Crippen LogP contribution in [0.5, 0.6) is 0 Å². The summed E-state index contributed by atoms with van der Waals surface area (Å²) in [5, 5.41) is 4.10. The van der Waals surface area contributed by atoms with Crippen molar-refractivity contribution in [1.82, 2.24) is 14.1 Å². The molecule has 0 bridgehead atoms. The van der Waals surface area contributed by atoms with Gasteiger partial charge in [0, 0.05) is 25.3 Å². The van der Waals surface area contributed by atoms with Crippen molar-refractivity contribution in [3.05, 3.63) is 12.4 Å². The van der Waals surface area contributed by atoms with E-state index in [0.717, 1.165) is 12.8 Å². The number of nitrogens with two attached hydrogens (primary N) is 1. The lowest BCUT2D eigenvalue weighted by atomic mass is 9.97. The molecule has 0 amide bonds. The van der Waals surface area contributed by atoms with Gasteiger partial charge in [0.1, 0.15) is 4.90 Å². The highest BCUT2D eigenvalue weighted by molar-refractivity contribution is 7.89. The topological polar surface area (TPSA) is 81.2 Å². The summed E-state index contributed by atoms with van der Waals surface area (Å²) in [5.41, 5.74) is 5.49. The van der Waals surface area contributed by atoms with Crippen molar-refractivity contribution < 1.29 is 8.42 Å². The number of hydrogen-bond donors (Lipinski definition) is 1. The lowest BCUT2D eigenvalue weighted by Crippen LogP contribution is -2.39. The maximum absolute atomic E-state index is 12.9. The Kier molecular flexibility index (Phi) is 4.33. The molecule has 1 aliphatic carbocycles. The highest BCUT2D eigenvalue weighted by Gasteiger charge is 2.40. The summed E-state index contributed by atoms with van der Waals surface area (Å²) in [4.78, 5) is 0.306. The third kappa shape index (κ3) is 2.86. The smallest absolute Gasteiger partial charge is 0.246 e. The van der Waals surface area contributed by atoms with E-state index in [-0.39, 0.29) is 6.04 Å². The average molecular weight is 312 g/mol. The van der Waals surface area contributed by atoms with Crippen LogP contribution in [0.25, 0.3) is 0 Å². The number of sulfonamides is 1. The van der Waals surface area contributed by atoms with Gasteiger partial charge in [-0.1, -0.05) is 12.8 Å². The van der Waals surface area contributed by atoms with Gasteiger partial charge >= 0.3 is 0 Å². The first-order chi connectivity index (χ1) is 10.1. The zero-order valence-corrected chi connectivity index (χ0v) is 13.1. The van der Waals surface area contributed by atoms with Crippen LogP contribution in [0, 0.1) is 5.92 Å². The van der Waals surface area contributed by atoms with Gasteiger partial charge in [-0.25, -0.2) is 8.42 Å². The van der Waals surface area contributed by atoms with Crippen molar-refractivity contribution in [3.8, 4) is 0 Å². The highest BCUT2D eigenvalue weighted by Crippen LogP contribution is 2.37. The van der Waals surface area contributed by atoms with Crippen LogP contribution in [0.3, 0.4) is 0 Å². The van der Waals surface area contributed by atoms with Crippen LogP contribution in [0.4, 0.5) is 0 Å². The fourth-order valence-corrected chi connectivity index (χ4v) is 5.45. The molecule has 2 N–H and O–H groups in total. The van der Waals surface area contributed by atoms with Crippen molar-refractivity contribution >= 4 is 10.0 Å². The van der Waals surface area contributed by atoms with Crippen LogP contribution in [0.1, 0.15) is 38.5 Å². The van der Waals surface area contributed by atoms with Crippen LogP contribution in [-0.2, 0) is 16.6 Å². The lowest BCUT2D eigenvalue weighted by Gasteiger charge is -2.28. The number of nitrogens with zero attached hydrogens (tertiary/aromatic N) is 3.